The van der Waals surface area contributed by atoms with E-state index in [0.29, 0.717) is 5.56 Å². The fourth-order valence-corrected chi connectivity index (χ4v) is 1.51. The minimum Gasteiger partial charge on any atom is -0.481 e. The second-order valence-corrected chi connectivity index (χ2v) is 4.25. The fraction of sp³-hybridized carbons (Fsp3) is 0.417. The molecular formula is C12H15F2NO2. The Bertz CT molecular complexity index is 433. The zero-order valence-corrected chi connectivity index (χ0v) is 10.00. The van der Waals surface area contributed by atoms with Crippen LogP contribution >= 0.6 is 0 Å². The van der Waals surface area contributed by atoms with Gasteiger partial charge in [-0.3, -0.25) is 4.79 Å². The van der Waals surface area contributed by atoms with Gasteiger partial charge in [0, 0.05) is 14.1 Å². The maximum absolute atomic E-state index is 13.4. The highest BCUT2D eigenvalue weighted by atomic mass is 19.2. The summed E-state index contributed by atoms with van der Waals surface area (Å²) in [5, 5.41) is 8.77. The Morgan fingerprint density at radius 3 is 2.47 bits per heavy atom. The van der Waals surface area contributed by atoms with Crippen molar-refractivity contribution in [3.8, 4) is 0 Å². The minimum atomic E-state index is -0.957. The lowest BCUT2D eigenvalue weighted by atomic mass is 10.0. The highest BCUT2D eigenvalue weighted by Crippen LogP contribution is 2.23. The van der Waals surface area contributed by atoms with Crippen molar-refractivity contribution < 1.29 is 18.7 Å². The SMILES string of the molecule is CC(Cc1cc(F)c(F)c(N(C)C)c1)C(=O)O. The third-order valence-corrected chi connectivity index (χ3v) is 2.51. The van der Waals surface area contributed by atoms with Crippen LogP contribution in [0.4, 0.5) is 14.5 Å². The Balaban J connectivity index is 3.06. The number of hydrogen-bond donors (Lipinski definition) is 1. The van der Waals surface area contributed by atoms with Crippen molar-refractivity contribution in [2.24, 2.45) is 5.92 Å². The predicted octanol–water partition coefficient (Wildman–Crippen LogP) is 2.29. The molecule has 1 unspecified atom stereocenters. The minimum absolute atomic E-state index is 0.123. The number of halogens is 2. The molecule has 0 aromatic heterocycles. The van der Waals surface area contributed by atoms with Gasteiger partial charge in [-0.25, -0.2) is 8.78 Å². The number of rotatable bonds is 4. The first kappa shape index (κ1) is 13.4. The van der Waals surface area contributed by atoms with Gasteiger partial charge in [-0.05, 0) is 24.1 Å². The standard InChI is InChI=1S/C12H15F2NO2/c1-7(12(16)17)4-8-5-9(13)11(14)10(6-8)15(2)3/h5-7H,4H2,1-3H3,(H,16,17). The van der Waals surface area contributed by atoms with Gasteiger partial charge in [0.05, 0.1) is 11.6 Å². The van der Waals surface area contributed by atoms with E-state index in [1.807, 2.05) is 0 Å². The van der Waals surface area contributed by atoms with E-state index in [-0.39, 0.29) is 12.1 Å². The summed E-state index contributed by atoms with van der Waals surface area (Å²) in [5.74, 6) is -3.46. The Morgan fingerprint density at radius 2 is 2.00 bits per heavy atom. The smallest absolute Gasteiger partial charge is 0.306 e. The molecule has 0 aliphatic rings. The number of hydrogen-bond acceptors (Lipinski definition) is 2. The van der Waals surface area contributed by atoms with Crippen LogP contribution in [0, 0.1) is 17.6 Å². The summed E-state index contributed by atoms with van der Waals surface area (Å²) in [5.41, 5.74) is 0.597. The highest BCUT2D eigenvalue weighted by molar-refractivity contribution is 5.70. The number of anilines is 1. The van der Waals surface area contributed by atoms with E-state index in [1.54, 1.807) is 14.1 Å². The quantitative estimate of drug-likeness (QED) is 0.882. The summed E-state index contributed by atoms with van der Waals surface area (Å²) in [4.78, 5) is 12.1. The van der Waals surface area contributed by atoms with Gasteiger partial charge < -0.3 is 10.0 Å². The van der Waals surface area contributed by atoms with Crippen molar-refractivity contribution in [2.75, 3.05) is 19.0 Å². The van der Waals surface area contributed by atoms with Crippen molar-refractivity contribution in [1.82, 2.24) is 0 Å². The molecule has 0 saturated carbocycles. The maximum Gasteiger partial charge on any atom is 0.306 e. The molecule has 0 aliphatic carbocycles. The summed E-state index contributed by atoms with van der Waals surface area (Å²) < 4.78 is 26.7. The molecule has 0 radical (unpaired) electrons. The first-order valence-corrected chi connectivity index (χ1v) is 5.21. The molecule has 0 amide bonds. The number of carbonyl (C=O) groups is 1. The van der Waals surface area contributed by atoms with Crippen molar-refractivity contribution in [2.45, 2.75) is 13.3 Å². The van der Waals surface area contributed by atoms with Crippen molar-refractivity contribution in [3.63, 3.8) is 0 Å². The van der Waals surface area contributed by atoms with Gasteiger partial charge in [0.2, 0.25) is 0 Å². The summed E-state index contributed by atoms with van der Waals surface area (Å²) in [6.45, 7) is 1.53. The summed E-state index contributed by atoms with van der Waals surface area (Å²) in [6.07, 6.45) is 0.174. The molecule has 0 bridgehead atoms. The van der Waals surface area contributed by atoms with E-state index in [2.05, 4.69) is 0 Å². The van der Waals surface area contributed by atoms with E-state index < -0.39 is 23.5 Å². The molecule has 5 heteroatoms. The zero-order valence-electron chi connectivity index (χ0n) is 10.00. The zero-order chi connectivity index (χ0) is 13.2. The Hall–Kier alpha value is -1.65. The maximum atomic E-state index is 13.4. The topological polar surface area (TPSA) is 40.5 Å². The second kappa shape index (κ2) is 5.12. The molecule has 1 rings (SSSR count). The van der Waals surface area contributed by atoms with Crippen molar-refractivity contribution in [1.29, 1.82) is 0 Å². The Kier molecular flexibility index (Phi) is 4.04. The predicted molar refractivity (Wildman–Crippen MR) is 61.2 cm³/mol. The molecule has 1 atom stereocenters. The molecule has 0 aliphatic heterocycles. The van der Waals surface area contributed by atoms with E-state index in [0.717, 1.165) is 6.07 Å². The first-order valence-electron chi connectivity index (χ1n) is 5.21. The van der Waals surface area contributed by atoms with E-state index in [4.69, 9.17) is 5.11 Å². The van der Waals surface area contributed by atoms with E-state index in [9.17, 15) is 13.6 Å². The molecule has 1 aromatic rings. The van der Waals surface area contributed by atoms with Gasteiger partial charge >= 0.3 is 5.97 Å². The lowest BCUT2D eigenvalue weighted by Crippen LogP contribution is -2.15. The van der Waals surface area contributed by atoms with E-state index >= 15 is 0 Å². The lowest BCUT2D eigenvalue weighted by Gasteiger charge is -2.16. The Labute approximate surface area is 98.7 Å². The lowest BCUT2D eigenvalue weighted by molar-refractivity contribution is -0.141. The Morgan fingerprint density at radius 1 is 1.41 bits per heavy atom. The van der Waals surface area contributed by atoms with Crippen LogP contribution in [0.15, 0.2) is 12.1 Å². The average Bonchev–Trinajstić information content (AvgIpc) is 2.22. The fourth-order valence-electron chi connectivity index (χ4n) is 1.51. The molecule has 0 heterocycles. The van der Waals surface area contributed by atoms with Crippen LogP contribution in [0.5, 0.6) is 0 Å². The number of aliphatic carboxylic acids is 1. The van der Waals surface area contributed by atoms with Crippen LogP contribution < -0.4 is 4.90 Å². The molecule has 1 N–H and O–H groups in total. The normalized spacial score (nSPS) is 12.3. The summed E-state index contributed by atoms with van der Waals surface area (Å²) >= 11 is 0. The molecule has 0 fully saturated rings. The molecule has 0 spiro atoms. The van der Waals surface area contributed by atoms with Crippen LogP contribution in [-0.2, 0) is 11.2 Å². The monoisotopic (exact) mass is 243 g/mol. The van der Waals surface area contributed by atoms with E-state index in [1.165, 1.54) is 17.9 Å². The molecule has 17 heavy (non-hydrogen) atoms. The molecule has 94 valence electrons. The van der Waals surface area contributed by atoms with Crippen molar-refractivity contribution in [3.05, 3.63) is 29.3 Å². The summed E-state index contributed by atoms with van der Waals surface area (Å²) in [7, 11) is 3.20. The van der Waals surface area contributed by atoms with Crippen LogP contribution in [0.3, 0.4) is 0 Å². The number of carboxylic acid groups (broad SMARTS) is 1. The number of carboxylic acids is 1. The van der Waals surface area contributed by atoms with Gasteiger partial charge in [0.25, 0.3) is 0 Å². The van der Waals surface area contributed by atoms with Crippen LogP contribution in [0.25, 0.3) is 0 Å². The van der Waals surface area contributed by atoms with Crippen LogP contribution in [0.1, 0.15) is 12.5 Å². The number of nitrogens with zero attached hydrogens (tertiary/aromatic N) is 1. The third-order valence-electron chi connectivity index (χ3n) is 2.51. The van der Waals surface area contributed by atoms with Gasteiger partial charge in [-0.1, -0.05) is 6.92 Å². The van der Waals surface area contributed by atoms with Gasteiger partial charge in [-0.15, -0.1) is 0 Å². The van der Waals surface area contributed by atoms with Gasteiger partial charge in [-0.2, -0.15) is 0 Å². The summed E-state index contributed by atoms with van der Waals surface area (Å²) in [6, 6.07) is 2.51. The molecular weight excluding hydrogens is 228 g/mol. The van der Waals surface area contributed by atoms with Gasteiger partial charge in [0.15, 0.2) is 11.6 Å². The first-order chi connectivity index (χ1) is 7.82. The molecule has 1 aromatic carbocycles. The molecule has 0 saturated heterocycles. The number of benzene rings is 1. The average molecular weight is 243 g/mol. The van der Waals surface area contributed by atoms with Crippen LogP contribution in [-0.4, -0.2) is 25.2 Å². The largest absolute Gasteiger partial charge is 0.481 e. The van der Waals surface area contributed by atoms with Crippen molar-refractivity contribution >= 4 is 11.7 Å². The highest BCUT2D eigenvalue weighted by Gasteiger charge is 2.16. The van der Waals surface area contributed by atoms with Crippen LogP contribution in [0.2, 0.25) is 0 Å². The molecule has 3 nitrogen and oxygen atoms in total. The second-order valence-electron chi connectivity index (χ2n) is 4.25. The van der Waals surface area contributed by atoms with Gasteiger partial charge in [0.1, 0.15) is 0 Å². The third kappa shape index (κ3) is 3.15.